The Bertz CT molecular complexity index is 609. The number of nitrogens with zero attached hydrogens (tertiary/aromatic N) is 4. The van der Waals surface area contributed by atoms with Crippen molar-refractivity contribution < 1.29 is 0 Å². The topological polar surface area (TPSA) is 102 Å². The Balaban J connectivity index is 2.34. The van der Waals surface area contributed by atoms with E-state index in [1.165, 1.54) is 11.8 Å². The zero-order valence-electron chi connectivity index (χ0n) is 9.55. The molecule has 96 valence electrons. The van der Waals surface area contributed by atoms with Gasteiger partial charge >= 0.3 is 5.69 Å². The third-order valence-corrected chi connectivity index (χ3v) is 3.93. The van der Waals surface area contributed by atoms with E-state index in [0.717, 1.165) is 6.42 Å². The van der Waals surface area contributed by atoms with Crippen LogP contribution in [-0.2, 0) is 6.54 Å². The van der Waals surface area contributed by atoms with Gasteiger partial charge in [-0.1, -0.05) is 6.92 Å². The SMILES string of the molecule is CCCn1c(Sc2nc(N)ncc2Br)n[nH]c1=O. The maximum absolute atomic E-state index is 11.5. The number of H-pyrrole nitrogens is 1. The molecule has 2 heterocycles. The van der Waals surface area contributed by atoms with Crippen LogP contribution in [0.15, 0.2) is 25.6 Å². The lowest BCUT2D eigenvalue weighted by molar-refractivity contribution is 0.603. The van der Waals surface area contributed by atoms with Crippen LogP contribution < -0.4 is 11.4 Å². The second-order valence-electron chi connectivity index (χ2n) is 3.45. The van der Waals surface area contributed by atoms with Crippen LogP contribution in [0, 0.1) is 0 Å². The monoisotopic (exact) mass is 330 g/mol. The standard InChI is InChI=1S/C9H11BrN6OS/c1-2-3-16-8(17)14-15-9(16)18-6-5(10)4-12-7(11)13-6/h4H,2-3H2,1H3,(H,14,17)(H2,11,12,13). The maximum atomic E-state index is 11.5. The van der Waals surface area contributed by atoms with Crippen molar-refractivity contribution in [2.24, 2.45) is 0 Å². The molecule has 0 saturated heterocycles. The summed E-state index contributed by atoms with van der Waals surface area (Å²) in [5.74, 6) is 0.181. The lowest BCUT2D eigenvalue weighted by Gasteiger charge is -2.04. The maximum Gasteiger partial charge on any atom is 0.343 e. The predicted molar refractivity (Wildman–Crippen MR) is 71.4 cm³/mol. The molecule has 18 heavy (non-hydrogen) atoms. The van der Waals surface area contributed by atoms with E-state index in [1.807, 2.05) is 6.92 Å². The summed E-state index contributed by atoms with van der Waals surface area (Å²) in [6.45, 7) is 2.60. The molecule has 0 atom stereocenters. The van der Waals surface area contributed by atoms with Gasteiger partial charge in [-0.05, 0) is 34.1 Å². The van der Waals surface area contributed by atoms with Crippen molar-refractivity contribution in [3.05, 3.63) is 21.2 Å². The zero-order valence-corrected chi connectivity index (χ0v) is 12.0. The Labute approximate surface area is 115 Å². The fraction of sp³-hybridized carbons (Fsp3) is 0.333. The summed E-state index contributed by atoms with van der Waals surface area (Å²) in [5, 5.41) is 7.57. The molecule has 0 spiro atoms. The van der Waals surface area contributed by atoms with E-state index in [0.29, 0.717) is 21.2 Å². The largest absolute Gasteiger partial charge is 0.368 e. The van der Waals surface area contributed by atoms with E-state index in [-0.39, 0.29) is 11.6 Å². The fourth-order valence-corrected chi connectivity index (χ4v) is 2.60. The van der Waals surface area contributed by atoms with Gasteiger partial charge in [-0.2, -0.15) is 0 Å². The zero-order chi connectivity index (χ0) is 13.1. The van der Waals surface area contributed by atoms with Crippen LogP contribution in [0.2, 0.25) is 0 Å². The molecule has 2 rings (SSSR count). The lowest BCUT2D eigenvalue weighted by Crippen LogP contribution is -2.17. The predicted octanol–water partition coefficient (Wildman–Crippen LogP) is 1.27. The molecule has 0 aliphatic heterocycles. The van der Waals surface area contributed by atoms with Crippen molar-refractivity contribution in [3.63, 3.8) is 0 Å². The second kappa shape index (κ2) is 5.53. The summed E-state index contributed by atoms with van der Waals surface area (Å²) in [4.78, 5) is 19.5. The highest BCUT2D eigenvalue weighted by molar-refractivity contribution is 9.10. The molecule has 9 heteroatoms. The lowest BCUT2D eigenvalue weighted by atomic mass is 10.5. The molecule has 0 radical (unpaired) electrons. The van der Waals surface area contributed by atoms with Crippen molar-refractivity contribution in [2.75, 3.05) is 5.73 Å². The van der Waals surface area contributed by atoms with Gasteiger partial charge in [0.2, 0.25) is 5.95 Å². The third-order valence-electron chi connectivity index (χ3n) is 2.09. The number of nitrogen functional groups attached to an aromatic ring is 1. The first-order chi connectivity index (χ1) is 8.61. The molecular weight excluding hydrogens is 320 g/mol. The van der Waals surface area contributed by atoms with Gasteiger partial charge in [0.05, 0.1) is 4.47 Å². The number of halogens is 1. The number of aromatic amines is 1. The highest BCUT2D eigenvalue weighted by Gasteiger charge is 2.12. The van der Waals surface area contributed by atoms with Crippen LogP contribution in [0.25, 0.3) is 0 Å². The van der Waals surface area contributed by atoms with Crippen molar-refractivity contribution in [1.29, 1.82) is 0 Å². The Hall–Kier alpha value is -1.35. The highest BCUT2D eigenvalue weighted by Crippen LogP contribution is 2.29. The van der Waals surface area contributed by atoms with Crippen molar-refractivity contribution in [3.8, 4) is 0 Å². The number of hydrogen-bond donors (Lipinski definition) is 2. The molecule has 0 aliphatic carbocycles. The molecule has 2 aromatic rings. The number of nitrogens with one attached hydrogen (secondary N) is 1. The van der Waals surface area contributed by atoms with E-state index in [9.17, 15) is 4.79 Å². The van der Waals surface area contributed by atoms with Crippen LogP contribution in [-0.4, -0.2) is 24.7 Å². The Morgan fingerprint density at radius 3 is 3.11 bits per heavy atom. The smallest absolute Gasteiger partial charge is 0.343 e. The first-order valence-corrected chi connectivity index (χ1v) is 6.83. The van der Waals surface area contributed by atoms with Gasteiger partial charge in [0, 0.05) is 12.7 Å². The summed E-state index contributed by atoms with van der Waals surface area (Å²) < 4.78 is 2.27. The average molecular weight is 331 g/mol. The number of rotatable bonds is 4. The fourth-order valence-electron chi connectivity index (χ4n) is 1.32. The number of aromatic nitrogens is 5. The third kappa shape index (κ3) is 2.72. The van der Waals surface area contributed by atoms with Crippen molar-refractivity contribution >= 4 is 33.6 Å². The minimum absolute atomic E-state index is 0.181. The molecule has 7 nitrogen and oxygen atoms in total. The van der Waals surface area contributed by atoms with E-state index in [1.54, 1.807) is 10.8 Å². The molecule has 0 amide bonds. The van der Waals surface area contributed by atoms with Gasteiger partial charge in [-0.15, -0.1) is 5.10 Å². The molecule has 3 N–H and O–H groups in total. The highest BCUT2D eigenvalue weighted by atomic mass is 79.9. The quantitative estimate of drug-likeness (QED) is 0.818. The van der Waals surface area contributed by atoms with E-state index >= 15 is 0 Å². The second-order valence-corrected chi connectivity index (χ2v) is 5.26. The number of anilines is 1. The van der Waals surface area contributed by atoms with Crippen LogP contribution >= 0.6 is 27.7 Å². The Morgan fingerprint density at radius 1 is 1.61 bits per heavy atom. The van der Waals surface area contributed by atoms with Gasteiger partial charge < -0.3 is 5.73 Å². The first-order valence-electron chi connectivity index (χ1n) is 5.23. The molecular formula is C9H11BrN6OS. The minimum atomic E-state index is -0.225. The van der Waals surface area contributed by atoms with Crippen LogP contribution in [0.1, 0.15) is 13.3 Å². The van der Waals surface area contributed by atoms with Crippen LogP contribution in [0.5, 0.6) is 0 Å². The molecule has 0 unspecified atom stereocenters. The van der Waals surface area contributed by atoms with E-state index in [2.05, 4.69) is 36.1 Å². The van der Waals surface area contributed by atoms with Gasteiger partial charge in [0.15, 0.2) is 5.16 Å². The molecule has 2 aromatic heterocycles. The van der Waals surface area contributed by atoms with E-state index in [4.69, 9.17) is 5.73 Å². The summed E-state index contributed by atoms with van der Waals surface area (Å²) >= 11 is 4.59. The summed E-state index contributed by atoms with van der Waals surface area (Å²) in [5.41, 5.74) is 5.31. The van der Waals surface area contributed by atoms with Gasteiger partial charge in [0.25, 0.3) is 0 Å². The van der Waals surface area contributed by atoms with Gasteiger partial charge in [-0.25, -0.2) is 19.9 Å². The Morgan fingerprint density at radius 2 is 2.39 bits per heavy atom. The number of hydrogen-bond acceptors (Lipinski definition) is 6. The van der Waals surface area contributed by atoms with Gasteiger partial charge in [-0.3, -0.25) is 4.57 Å². The molecule has 0 bridgehead atoms. The number of nitrogens with two attached hydrogens (primary N) is 1. The van der Waals surface area contributed by atoms with Crippen molar-refractivity contribution in [1.82, 2.24) is 24.7 Å². The summed E-state index contributed by atoms with van der Waals surface area (Å²) in [6.07, 6.45) is 2.42. The molecule has 0 aliphatic rings. The minimum Gasteiger partial charge on any atom is -0.368 e. The van der Waals surface area contributed by atoms with Gasteiger partial charge in [0.1, 0.15) is 5.03 Å². The summed E-state index contributed by atoms with van der Waals surface area (Å²) in [6, 6.07) is 0. The molecule has 0 fully saturated rings. The average Bonchev–Trinajstić information content (AvgIpc) is 2.67. The normalized spacial score (nSPS) is 10.8. The Kier molecular flexibility index (Phi) is 4.02. The van der Waals surface area contributed by atoms with Crippen LogP contribution in [0.3, 0.4) is 0 Å². The molecule has 0 saturated carbocycles. The first kappa shape index (κ1) is 13.1. The molecule has 0 aromatic carbocycles. The summed E-state index contributed by atoms with van der Waals surface area (Å²) in [7, 11) is 0. The van der Waals surface area contributed by atoms with Crippen LogP contribution in [0.4, 0.5) is 5.95 Å². The van der Waals surface area contributed by atoms with Crippen molar-refractivity contribution in [2.45, 2.75) is 30.1 Å². The van der Waals surface area contributed by atoms with E-state index < -0.39 is 0 Å².